The second kappa shape index (κ2) is 3.78. The van der Waals surface area contributed by atoms with Crippen LogP contribution >= 0.6 is 0 Å². The second-order valence-corrected chi connectivity index (χ2v) is 5.22. The van der Waals surface area contributed by atoms with E-state index < -0.39 is 0 Å². The molecule has 15 heavy (non-hydrogen) atoms. The van der Waals surface area contributed by atoms with Crippen LogP contribution in [-0.2, 0) is 9.53 Å². The van der Waals surface area contributed by atoms with Crippen LogP contribution in [0.2, 0.25) is 0 Å². The van der Waals surface area contributed by atoms with E-state index in [0.717, 1.165) is 32.2 Å². The van der Waals surface area contributed by atoms with Crippen molar-refractivity contribution in [3.8, 4) is 0 Å². The summed E-state index contributed by atoms with van der Waals surface area (Å²) in [7, 11) is 0. The highest BCUT2D eigenvalue weighted by Gasteiger charge is 2.44. The van der Waals surface area contributed by atoms with Crippen molar-refractivity contribution < 1.29 is 9.53 Å². The third-order valence-electron chi connectivity index (χ3n) is 4.38. The number of hydrogen-bond acceptors (Lipinski definition) is 2. The first-order valence-electron chi connectivity index (χ1n) is 6.21. The molecule has 3 heteroatoms. The number of rotatable bonds is 1. The minimum Gasteiger partial charge on any atom is -0.378 e. The van der Waals surface area contributed by atoms with Crippen LogP contribution in [0.15, 0.2) is 0 Å². The predicted molar refractivity (Wildman–Crippen MR) is 56.3 cm³/mol. The molecule has 2 saturated carbocycles. The summed E-state index contributed by atoms with van der Waals surface area (Å²) in [4.78, 5) is 14.3. The lowest BCUT2D eigenvalue weighted by Gasteiger charge is -2.32. The maximum absolute atomic E-state index is 12.3. The monoisotopic (exact) mass is 209 g/mol. The largest absolute Gasteiger partial charge is 0.378 e. The summed E-state index contributed by atoms with van der Waals surface area (Å²) < 4.78 is 5.28. The van der Waals surface area contributed by atoms with Crippen molar-refractivity contribution in [2.45, 2.75) is 25.7 Å². The number of carbonyl (C=O) groups is 1. The van der Waals surface area contributed by atoms with E-state index in [0.29, 0.717) is 17.7 Å². The molecule has 2 aliphatic carbocycles. The van der Waals surface area contributed by atoms with Crippen LogP contribution in [0.1, 0.15) is 25.7 Å². The second-order valence-electron chi connectivity index (χ2n) is 5.22. The van der Waals surface area contributed by atoms with Crippen molar-refractivity contribution in [1.29, 1.82) is 0 Å². The minimum atomic E-state index is 0.363. The summed E-state index contributed by atoms with van der Waals surface area (Å²) in [5, 5.41) is 0. The Kier molecular flexibility index (Phi) is 2.43. The molecule has 0 spiro atoms. The summed E-state index contributed by atoms with van der Waals surface area (Å²) >= 11 is 0. The molecular formula is C12H19NO2. The number of nitrogens with zero attached hydrogens (tertiary/aromatic N) is 1. The molecule has 3 aliphatic rings. The van der Waals surface area contributed by atoms with Gasteiger partial charge in [-0.15, -0.1) is 0 Å². The van der Waals surface area contributed by atoms with Gasteiger partial charge in [-0.2, -0.15) is 0 Å². The van der Waals surface area contributed by atoms with Gasteiger partial charge in [0.25, 0.3) is 0 Å². The summed E-state index contributed by atoms with van der Waals surface area (Å²) in [6.45, 7) is 3.08. The van der Waals surface area contributed by atoms with E-state index in [4.69, 9.17) is 4.74 Å². The maximum atomic E-state index is 12.3. The third kappa shape index (κ3) is 1.67. The Hall–Kier alpha value is -0.570. The molecule has 1 aliphatic heterocycles. The van der Waals surface area contributed by atoms with Crippen LogP contribution in [0.3, 0.4) is 0 Å². The molecule has 0 aromatic heterocycles. The van der Waals surface area contributed by atoms with Crippen LogP contribution in [0.25, 0.3) is 0 Å². The van der Waals surface area contributed by atoms with Crippen molar-refractivity contribution in [2.75, 3.05) is 26.3 Å². The number of hydrogen-bond donors (Lipinski definition) is 0. The lowest BCUT2D eigenvalue weighted by Crippen LogP contribution is -2.44. The highest BCUT2D eigenvalue weighted by atomic mass is 16.5. The first-order valence-corrected chi connectivity index (χ1v) is 6.21. The standard InChI is InChI=1S/C12H19NO2/c14-12(13-3-5-15-6-4-13)11-8-9-1-2-10(11)7-9/h9-11H,1-8H2/t9-,10-,11+/m1/s1. The highest BCUT2D eigenvalue weighted by Crippen LogP contribution is 2.48. The van der Waals surface area contributed by atoms with Gasteiger partial charge in [-0.1, -0.05) is 6.42 Å². The van der Waals surface area contributed by atoms with Crippen molar-refractivity contribution >= 4 is 5.91 Å². The van der Waals surface area contributed by atoms with Crippen LogP contribution in [0.5, 0.6) is 0 Å². The molecule has 2 bridgehead atoms. The van der Waals surface area contributed by atoms with Crippen LogP contribution in [0.4, 0.5) is 0 Å². The normalized spacial score (nSPS) is 39.7. The Morgan fingerprint density at radius 2 is 1.93 bits per heavy atom. The van der Waals surface area contributed by atoms with Crippen molar-refractivity contribution in [1.82, 2.24) is 4.90 Å². The molecule has 84 valence electrons. The van der Waals surface area contributed by atoms with Crippen LogP contribution in [0, 0.1) is 17.8 Å². The van der Waals surface area contributed by atoms with Gasteiger partial charge in [0, 0.05) is 19.0 Å². The van der Waals surface area contributed by atoms with E-state index in [1.807, 2.05) is 4.90 Å². The Balaban J connectivity index is 1.64. The molecule has 3 rings (SSSR count). The Morgan fingerprint density at radius 1 is 1.13 bits per heavy atom. The summed E-state index contributed by atoms with van der Waals surface area (Å²) in [6, 6.07) is 0. The van der Waals surface area contributed by atoms with Gasteiger partial charge in [-0.05, 0) is 31.1 Å². The average Bonchev–Trinajstić information content (AvgIpc) is 2.91. The van der Waals surface area contributed by atoms with Gasteiger partial charge in [0.2, 0.25) is 5.91 Å². The molecule has 3 atom stereocenters. The van der Waals surface area contributed by atoms with Gasteiger partial charge in [0.1, 0.15) is 0 Å². The zero-order valence-corrected chi connectivity index (χ0v) is 9.15. The van der Waals surface area contributed by atoms with Gasteiger partial charge in [0.15, 0.2) is 0 Å². The molecular weight excluding hydrogens is 190 g/mol. The first-order chi connectivity index (χ1) is 7.34. The lowest BCUT2D eigenvalue weighted by atomic mass is 9.87. The van der Waals surface area contributed by atoms with Gasteiger partial charge < -0.3 is 9.64 Å². The molecule has 3 nitrogen and oxygen atoms in total. The summed E-state index contributed by atoms with van der Waals surface area (Å²) in [5.41, 5.74) is 0. The van der Waals surface area contributed by atoms with E-state index in [2.05, 4.69) is 0 Å². The fraction of sp³-hybridized carbons (Fsp3) is 0.917. The molecule has 1 saturated heterocycles. The SMILES string of the molecule is O=C([C@H]1C[C@@H]2CC[C@@H]1C2)N1CCOCC1. The number of fused-ring (bicyclic) bond motifs is 2. The van der Waals surface area contributed by atoms with E-state index in [1.165, 1.54) is 25.7 Å². The summed E-state index contributed by atoms with van der Waals surface area (Å²) in [6.07, 6.45) is 5.16. The van der Waals surface area contributed by atoms with Gasteiger partial charge in [0.05, 0.1) is 13.2 Å². The van der Waals surface area contributed by atoms with Crippen LogP contribution < -0.4 is 0 Å². The molecule has 1 amide bonds. The number of carbonyl (C=O) groups excluding carboxylic acids is 1. The van der Waals surface area contributed by atoms with Crippen molar-refractivity contribution in [3.63, 3.8) is 0 Å². The fourth-order valence-corrected chi connectivity index (χ4v) is 3.57. The summed E-state index contributed by atoms with van der Waals surface area (Å²) in [5.74, 6) is 2.36. The van der Waals surface area contributed by atoms with E-state index in [1.54, 1.807) is 0 Å². The third-order valence-corrected chi connectivity index (χ3v) is 4.38. The number of morpholine rings is 1. The quantitative estimate of drug-likeness (QED) is 0.651. The lowest BCUT2D eigenvalue weighted by molar-refractivity contribution is -0.141. The average molecular weight is 209 g/mol. The highest BCUT2D eigenvalue weighted by molar-refractivity contribution is 5.79. The molecule has 0 aromatic rings. The van der Waals surface area contributed by atoms with E-state index in [-0.39, 0.29) is 0 Å². The Morgan fingerprint density at radius 3 is 2.53 bits per heavy atom. The fourth-order valence-electron chi connectivity index (χ4n) is 3.57. The zero-order chi connectivity index (χ0) is 10.3. The first kappa shape index (κ1) is 9.64. The maximum Gasteiger partial charge on any atom is 0.226 e. The van der Waals surface area contributed by atoms with Gasteiger partial charge in [-0.25, -0.2) is 0 Å². The van der Waals surface area contributed by atoms with Gasteiger partial charge >= 0.3 is 0 Å². The van der Waals surface area contributed by atoms with E-state index >= 15 is 0 Å². The van der Waals surface area contributed by atoms with Crippen LogP contribution in [-0.4, -0.2) is 37.1 Å². The molecule has 0 aromatic carbocycles. The topological polar surface area (TPSA) is 29.5 Å². The molecule has 0 radical (unpaired) electrons. The number of amides is 1. The Labute approximate surface area is 90.8 Å². The zero-order valence-electron chi connectivity index (χ0n) is 9.15. The molecule has 0 N–H and O–H groups in total. The molecule has 1 heterocycles. The van der Waals surface area contributed by atoms with Crippen molar-refractivity contribution in [2.24, 2.45) is 17.8 Å². The molecule has 3 fully saturated rings. The minimum absolute atomic E-state index is 0.363. The van der Waals surface area contributed by atoms with Crippen molar-refractivity contribution in [3.05, 3.63) is 0 Å². The predicted octanol–water partition coefficient (Wildman–Crippen LogP) is 1.28. The van der Waals surface area contributed by atoms with Gasteiger partial charge in [-0.3, -0.25) is 4.79 Å². The van der Waals surface area contributed by atoms with E-state index in [9.17, 15) is 4.79 Å². The number of ether oxygens (including phenoxy) is 1. The Bertz CT molecular complexity index is 260. The smallest absolute Gasteiger partial charge is 0.226 e. The molecule has 0 unspecified atom stereocenters.